The van der Waals surface area contributed by atoms with Crippen molar-refractivity contribution in [2.75, 3.05) is 16.6 Å². The lowest BCUT2D eigenvalue weighted by atomic mass is 10.1. The fraction of sp³-hybridized carbons (Fsp3) is 0.235. The van der Waals surface area contributed by atoms with E-state index in [0.717, 1.165) is 39.5 Å². The molecule has 0 saturated heterocycles. The van der Waals surface area contributed by atoms with E-state index in [1.54, 1.807) is 29.6 Å². The molecule has 0 saturated carbocycles. The summed E-state index contributed by atoms with van der Waals surface area (Å²) in [5.41, 5.74) is 5.03. The highest BCUT2D eigenvalue weighted by Crippen LogP contribution is 2.35. The van der Waals surface area contributed by atoms with Crippen LogP contribution in [0.2, 0.25) is 0 Å². The maximum absolute atomic E-state index is 12.2. The fourth-order valence-electron chi connectivity index (χ4n) is 2.90. The summed E-state index contributed by atoms with van der Waals surface area (Å²) in [6, 6.07) is 8.03. The fourth-order valence-corrected chi connectivity index (χ4v) is 5.60. The van der Waals surface area contributed by atoms with Gasteiger partial charge in [0.1, 0.15) is 5.01 Å². The molecule has 0 fully saturated rings. The van der Waals surface area contributed by atoms with E-state index in [9.17, 15) is 8.42 Å². The largest absolute Gasteiger partial charge is 0.270 e. The number of benzene rings is 1. The molecule has 0 bridgehead atoms. The van der Waals surface area contributed by atoms with Crippen molar-refractivity contribution in [1.29, 1.82) is 0 Å². The number of anilines is 1. The first-order valence-corrected chi connectivity index (χ1v) is 11.1. The summed E-state index contributed by atoms with van der Waals surface area (Å²) in [7, 11) is -3.19. The second-order valence-electron chi connectivity index (χ2n) is 5.62. The predicted octanol–water partition coefficient (Wildman–Crippen LogP) is 4.25. The number of aromatic nitrogens is 1. The topological polar surface area (TPSA) is 50.3 Å². The maximum atomic E-state index is 12.2. The Balaban J connectivity index is 1.68. The molecule has 0 amide bonds. The zero-order valence-corrected chi connectivity index (χ0v) is 15.5. The second-order valence-corrected chi connectivity index (χ2v) is 9.44. The van der Waals surface area contributed by atoms with Crippen LogP contribution in [0.5, 0.6) is 0 Å². The van der Waals surface area contributed by atoms with Crippen LogP contribution in [-0.4, -0.2) is 25.7 Å². The summed E-state index contributed by atoms with van der Waals surface area (Å²) in [5.74, 6) is 0.129. The number of thiazole rings is 1. The quantitative estimate of drug-likeness (QED) is 0.684. The first-order valence-electron chi connectivity index (χ1n) is 7.70. The highest BCUT2D eigenvalue weighted by atomic mass is 32.2. The summed E-state index contributed by atoms with van der Waals surface area (Å²) in [6.07, 6.45) is 0.754. The van der Waals surface area contributed by atoms with Crippen molar-refractivity contribution >= 4 is 38.4 Å². The number of sulfonamides is 1. The Morgan fingerprint density at radius 3 is 2.83 bits per heavy atom. The lowest BCUT2D eigenvalue weighted by Gasteiger charge is -2.18. The zero-order chi connectivity index (χ0) is 16.7. The van der Waals surface area contributed by atoms with Gasteiger partial charge >= 0.3 is 0 Å². The van der Waals surface area contributed by atoms with Gasteiger partial charge in [0.05, 0.1) is 17.1 Å². The summed E-state index contributed by atoms with van der Waals surface area (Å²) in [6.45, 7) is 2.22. The van der Waals surface area contributed by atoms with Crippen LogP contribution in [0.4, 0.5) is 5.69 Å². The van der Waals surface area contributed by atoms with Gasteiger partial charge in [0.25, 0.3) is 0 Å². The third kappa shape index (κ3) is 2.66. The molecule has 0 unspecified atom stereocenters. The van der Waals surface area contributed by atoms with Crippen LogP contribution < -0.4 is 4.31 Å². The molecule has 3 aromatic rings. The Labute approximate surface area is 149 Å². The van der Waals surface area contributed by atoms with Gasteiger partial charge in [-0.1, -0.05) is 6.07 Å². The third-order valence-electron chi connectivity index (χ3n) is 4.20. The molecule has 0 N–H and O–H groups in total. The van der Waals surface area contributed by atoms with Gasteiger partial charge in [0.2, 0.25) is 10.0 Å². The Morgan fingerprint density at radius 1 is 1.21 bits per heavy atom. The van der Waals surface area contributed by atoms with Gasteiger partial charge in [-0.3, -0.25) is 4.31 Å². The minimum absolute atomic E-state index is 0.129. The van der Waals surface area contributed by atoms with E-state index in [1.165, 1.54) is 4.31 Å². The summed E-state index contributed by atoms with van der Waals surface area (Å²) >= 11 is 3.30. The number of thiophene rings is 1. The molecular formula is C17H16N2O2S3. The van der Waals surface area contributed by atoms with Gasteiger partial charge in [-0.2, -0.15) is 11.3 Å². The van der Waals surface area contributed by atoms with Crippen LogP contribution in [-0.2, 0) is 16.4 Å². The molecule has 124 valence electrons. The highest BCUT2D eigenvalue weighted by molar-refractivity contribution is 7.92. The van der Waals surface area contributed by atoms with Crippen molar-refractivity contribution in [3.05, 3.63) is 46.0 Å². The predicted molar refractivity (Wildman–Crippen MR) is 101 cm³/mol. The molecule has 4 nitrogen and oxygen atoms in total. The van der Waals surface area contributed by atoms with Crippen molar-refractivity contribution in [2.24, 2.45) is 0 Å². The third-order valence-corrected chi connectivity index (χ3v) is 7.56. The first kappa shape index (κ1) is 15.8. The Hall–Kier alpha value is -1.70. The monoisotopic (exact) mass is 376 g/mol. The lowest BCUT2D eigenvalue weighted by molar-refractivity contribution is 0.593. The summed E-state index contributed by atoms with van der Waals surface area (Å²) in [5, 5.41) is 7.22. The van der Waals surface area contributed by atoms with E-state index in [1.807, 2.05) is 12.1 Å². The molecule has 0 spiro atoms. The summed E-state index contributed by atoms with van der Waals surface area (Å²) in [4.78, 5) is 4.73. The second kappa shape index (κ2) is 5.98. The van der Waals surface area contributed by atoms with E-state index in [2.05, 4.69) is 28.3 Å². The molecule has 1 aliphatic rings. The van der Waals surface area contributed by atoms with Crippen LogP contribution in [0.25, 0.3) is 21.8 Å². The number of rotatable bonds is 4. The average molecular weight is 377 g/mol. The SMILES string of the molecule is CCS(=O)(=O)N1CCc2cc(-c3csc(-c4ccsc4)n3)ccc21. The van der Waals surface area contributed by atoms with Gasteiger partial charge in [-0.25, -0.2) is 13.4 Å². The van der Waals surface area contributed by atoms with Gasteiger partial charge in [-0.05, 0) is 42.5 Å². The standard InChI is InChI=1S/C17H16N2O2S3/c1-2-24(20,21)19-7-5-13-9-12(3-4-16(13)19)15-11-23-17(18-15)14-6-8-22-10-14/h3-4,6,8-11H,2,5,7H2,1H3. The normalized spacial score (nSPS) is 14.1. The van der Waals surface area contributed by atoms with Crippen molar-refractivity contribution in [2.45, 2.75) is 13.3 Å². The number of nitrogens with zero attached hydrogens (tertiary/aromatic N) is 2. The molecule has 3 heterocycles. The van der Waals surface area contributed by atoms with Crippen molar-refractivity contribution < 1.29 is 8.42 Å². The van der Waals surface area contributed by atoms with Gasteiger partial charge < -0.3 is 0 Å². The molecule has 0 aliphatic carbocycles. The molecule has 1 aromatic carbocycles. The van der Waals surface area contributed by atoms with Crippen LogP contribution >= 0.6 is 22.7 Å². The van der Waals surface area contributed by atoms with E-state index < -0.39 is 10.0 Å². The van der Waals surface area contributed by atoms with E-state index in [4.69, 9.17) is 4.98 Å². The van der Waals surface area contributed by atoms with Crippen LogP contribution in [0, 0.1) is 0 Å². The van der Waals surface area contributed by atoms with Crippen molar-refractivity contribution in [1.82, 2.24) is 4.98 Å². The van der Waals surface area contributed by atoms with E-state index in [0.29, 0.717) is 6.54 Å². The number of hydrogen-bond donors (Lipinski definition) is 0. The maximum Gasteiger partial charge on any atom is 0.234 e. The van der Waals surface area contributed by atoms with Crippen molar-refractivity contribution in [3.8, 4) is 21.8 Å². The number of hydrogen-bond acceptors (Lipinski definition) is 5. The van der Waals surface area contributed by atoms with E-state index >= 15 is 0 Å². The Kier molecular flexibility index (Phi) is 3.94. The lowest BCUT2D eigenvalue weighted by Crippen LogP contribution is -2.30. The molecule has 2 aromatic heterocycles. The highest BCUT2D eigenvalue weighted by Gasteiger charge is 2.28. The molecule has 0 radical (unpaired) electrons. The molecule has 7 heteroatoms. The van der Waals surface area contributed by atoms with Crippen molar-refractivity contribution in [3.63, 3.8) is 0 Å². The minimum Gasteiger partial charge on any atom is -0.270 e. The Morgan fingerprint density at radius 2 is 2.08 bits per heavy atom. The van der Waals surface area contributed by atoms with Gasteiger partial charge in [0.15, 0.2) is 0 Å². The zero-order valence-electron chi connectivity index (χ0n) is 13.1. The summed E-state index contributed by atoms with van der Waals surface area (Å²) < 4.78 is 25.9. The molecule has 24 heavy (non-hydrogen) atoms. The van der Waals surface area contributed by atoms with Gasteiger partial charge in [0, 0.05) is 28.4 Å². The van der Waals surface area contributed by atoms with E-state index in [-0.39, 0.29) is 5.75 Å². The van der Waals surface area contributed by atoms with Crippen LogP contribution in [0.1, 0.15) is 12.5 Å². The van der Waals surface area contributed by atoms with Crippen LogP contribution in [0.15, 0.2) is 40.4 Å². The minimum atomic E-state index is -3.19. The molecular weight excluding hydrogens is 360 g/mol. The average Bonchev–Trinajstić information content (AvgIpc) is 3.32. The smallest absolute Gasteiger partial charge is 0.234 e. The molecule has 4 rings (SSSR count). The molecule has 1 aliphatic heterocycles. The number of fused-ring (bicyclic) bond motifs is 1. The first-order chi connectivity index (χ1) is 11.6. The molecule has 0 atom stereocenters. The van der Waals surface area contributed by atoms with Gasteiger partial charge in [-0.15, -0.1) is 11.3 Å². The Bertz CT molecular complexity index is 975. The van der Waals surface area contributed by atoms with Crippen LogP contribution in [0.3, 0.4) is 0 Å².